The van der Waals surface area contributed by atoms with E-state index in [-0.39, 0.29) is 11.3 Å². The number of carbonyl (C=O) groups is 1. The molecule has 6 heteroatoms. The molecule has 3 rings (SSSR count). The highest BCUT2D eigenvalue weighted by Gasteiger charge is 2.34. The number of hydrogen-bond acceptors (Lipinski definition) is 3. The smallest absolute Gasteiger partial charge is 0.281 e. The molecule has 0 spiro atoms. The van der Waals surface area contributed by atoms with E-state index in [2.05, 4.69) is 41.5 Å². The third kappa shape index (κ3) is 3.83. The number of nitrogens with one attached hydrogen (secondary N) is 2. The normalized spacial score (nSPS) is 17.3. The first-order valence-corrected chi connectivity index (χ1v) is 9.44. The number of nitrogens with zero attached hydrogens (tertiary/aromatic N) is 2. The molecule has 1 atom stereocenters. The van der Waals surface area contributed by atoms with Gasteiger partial charge in [-0.25, -0.2) is 5.43 Å². The first kappa shape index (κ1) is 18.6. The summed E-state index contributed by atoms with van der Waals surface area (Å²) in [6.45, 7) is 6.83. The van der Waals surface area contributed by atoms with Gasteiger partial charge < -0.3 is 0 Å². The highest BCUT2D eigenvalue weighted by Crippen LogP contribution is 2.40. The summed E-state index contributed by atoms with van der Waals surface area (Å²) in [6, 6.07) is 7.34. The highest BCUT2D eigenvalue weighted by atomic mass is 35.5. The van der Waals surface area contributed by atoms with Gasteiger partial charge in [-0.05, 0) is 36.7 Å². The van der Waals surface area contributed by atoms with Gasteiger partial charge in [0.15, 0.2) is 5.69 Å². The number of aryl methyl sites for hydroxylation is 1. The Kier molecular flexibility index (Phi) is 5.47. The Labute approximate surface area is 159 Å². The lowest BCUT2D eigenvalue weighted by molar-refractivity contribution is 0.0947. The van der Waals surface area contributed by atoms with Gasteiger partial charge in [0.2, 0.25) is 0 Å². The minimum atomic E-state index is -0.291. The van der Waals surface area contributed by atoms with Crippen molar-refractivity contribution in [3.05, 3.63) is 51.8 Å². The number of halogens is 1. The van der Waals surface area contributed by atoms with Crippen molar-refractivity contribution in [2.45, 2.75) is 46.5 Å². The Morgan fingerprint density at radius 2 is 2.23 bits per heavy atom. The maximum absolute atomic E-state index is 12.5. The van der Waals surface area contributed by atoms with E-state index in [0.29, 0.717) is 16.6 Å². The lowest BCUT2D eigenvalue weighted by atomic mass is 9.69. The molecule has 0 bridgehead atoms. The molecular formula is C20H25ClN4O. The Morgan fingerprint density at radius 3 is 2.96 bits per heavy atom. The van der Waals surface area contributed by atoms with Gasteiger partial charge in [-0.1, -0.05) is 57.0 Å². The zero-order valence-corrected chi connectivity index (χ0v) is 16.2. The SMILES string of the molecule is CCC(C)(C)C1CCc2[nH]nc(C(=O)NN=Cc3ccccc3Cl)c2C1. The number of aromatic amines is 1. The van der Waals surface area contributed by atoms with Crippen LogP contribution < -0.4 is 5.43 Å². The summed E-state index contributed by atoms with van der Waals surface area (Å²) in [5.41, 5.74) is 6.14. The summed E-state index contributed by atoms with van der Waals surface area (Å²) in [7, 11) is 0. The largest absolute Gasteiger partial charge is 0.292 e. The number of carbonyl (C=O) groups excluding carboxylic acids is 1. The summed E-state index contributed by atoms with van der Waals surface area (Å²) in [5, 5.41) is 11.9. The van der Waals surface area contributed by atoms with E-state index in [4.69, 9.17) is 11.6 Å². The van der Waals surface area contributed by atoms with E-state index in [1.54, 1.807) is 12.3 Å². The first-order valence-electron chi connectivity index (χ1n) is 9.06. The standard InChI is InChI=1S/C20H25ClN4O/c1-4-20(2,3)14-9-10-17-15(11-14)18(24-23-17)19(26)25-22-12-13-7-5-6-8-16(13)21/h5-8,12,14H,4,9-11H2,1-3H3,(H,23,24)(H,25,26). The van der Waals surface area contributed by atoms with E-state index in [1.807, 2.05) is 18.2 Å². The van der Waals surface area contributed by atoms with Crippen molar-refractivity contribution in [2.75, 3.05) is 0 Å². The quantitative estimate of drug-likeness (QED) is 0.604. The van der Waals surface area contributed by atoms with E-state index >= 15 is 0 Å². The van der Waals surface area contributed by atoms with Gasteiger partial charge >= 0.3 is 0 Å². The van der Waals surface area contributed by atoms with E-state index in [1.165, 1.54) is 0 Å². The fourth-order valence-corrected chi connectivity index (χ4v) is 3.62. The molecule has 0 saturated heterocycles. The lowest BCUT2D eigenvalue weighted by Crippen LogP contribution is -2.30. The third-order valence-electron chi connectivity index (χ3n) is 5.65. The molecule has 0 saturated carbocycles. The summed E-state index contributed by atoms with van der Waals surface area (Å²) >= 11 is 6.09. The molecule has 1 aliphatic rings. The topological polar surface area (TPSA) is 70.1 Å². The monoisotopic (exact) mass is 372 g/mol. The predicted octanol–water partition coefficient (Wildman–Crippen LogP) is 4.37. The van der Waals surface area contributed by atoms with E-state index in [9.17, 15) is 4.79 Å². The molecule has 0 aliphatic heterocycles. The van der Waals surface area contributed by atoms with Gasteiger partial charge in [0, 0.05) is 21.8 Å². The number of H-pyrrole nitrogens is 1. The molecule has 26 heavy (non-hydrogen) atoms. The zero-order chi connectivity index (χ0) is 18.7. The average Bonchev–Trinajstić information content (AvgIpc) is 3.06. The lowest BCUT2D eigenvalue weighted by Gasteiger charge is -2.36. The maximum Gasteiger partial charge on any atom is 0.292 e. The van der Waals surface area contributed by atoms with Crippen molar-refractivity contribution in [3.8, 4) is 0 Å². The van der Waals surface area contributed by atoms with Crippen LogP contribution in [0.5, 0.6) is 0 Å². The highest BCUT2D eigenvalue weighted by molar-refractivity contribution is 6.33. The van der Waals surface area contributed by atoms with Gasteiger partial charge in [0.1, 0.15) is 0 Å². The number of benzene rings is 1. The zero-order valence-electron chi connectivity index (χ0n) is 15.5. The van der Waals surface area contributed by atoms with Crippen LogP contribution in [0.25, 0.3) is 0 Å². The van der Waals surface area contributed by atoms with Gasteiger partial charge in [-0.3, -0.25) is 9.89 Å². The van der Waals surface area contributed by atoms with Gasteiger partial charge in [-0.15, -0.1) is 0 Å². The molecular weight excluding hydrogens is 348 g/mol. The molecule has 1 heterocycles. The van der Waals surface area contributed by atoms with Crippen LogP contribution in [0, 0.1) is 11.3 Å². The second-order valence-electron chi connectivity index (χ2n) is 7.53. The molecule has 5 nitrogen and oxygen atoms in total. The second-order valence-corrected chi connectivity index (χ2v) is 7.94. The summed E-state index contributed by atoms with van der Waals surface area (Å²) in [4.78, 5) is 12.5. The molecule has 1 aromatic carbocycles. The van der Waals surface area contributed by atoms with Crippen LogP contribution in [0.3, 0.4) is 0 Å². The number of hydrogen-bond donors (Lipinski definition) is 2. The Balaban J connectivity index is 1.72. The van der Waals surface area contributed by atoms with E-state index < -0.39 is 0 Å². The van der Waals surface area contributed by atoms with Crippen LogP contribution in [0.1, 0.15) is 60.9 Å². The molecule has 0 fully saturated rings. The third-order valence-corrected chi connectivity index (χ3v) is 6.00. The van der Waals surface area contributed by atoms with Gasteiger partial charge in [-0.2, -0.15) is 10.2 Å². The van der Waals surface area contributed by atoms with Crippen LogP contribution >= 0.6 is 11.6 Å². The van der Waals surface area contributed by atoms with Crippen molar-refractivity contribution in [1.29, 1.82) is 0 Å². The molecule has 0 radical (unpaired) electrons. The first-order chi connectivity index (χ1) is 12.4. The Bertz CT molecular complexity index is 825. The summed E-state index contributed by atoms with van der Waals surface area (Å²) in [6.07, 6.45) is 5.61. The Morgan fingerprint density at radius 1 is 1.46 bits per heavy atom. The number of amides is 1. The summed E-state index contributed by atoms with van der Waals surface area (Å²) in [5.74, 6) is 0.261. The Hall–Kier alpha value is -2.14. The molecule has 1 aliphatic carbocycles. The second kappa shape index (κ2) is 7.62. The molecule has 2 N–H and O–H groups in total. The maximum atomic E-state index is 12.5. The molecule has 1 amide bonds. The van der Waals surface area contributed by atoms with Crippen molar-refractivity contribution in [1.82, 2.24) is 15.6 Å². The predicted molar refractivity (Wildman–Crippen MR) is 105 cm³/mol. The molecule has 1 aromatic heterocycles. The number of hydrazone groups is 1. The van der Waals surface area contributed by atoms with Crippen molar-refractivity contribution >= 4 is 23.7 Å². The fourth-order valence-electron chi connectivity index (χ4n) is 3.43. The van der Waals surface area contributed by atoms with Crippen LogP contribution in [0.2, 0.25) is 5.02 Å². The number of fused-ring (bicyclic) bond motifs is 1. The molecule has 1 unspecified atom stereocenters. The number of aromatic nitrogens is 2. The van der Waals surface area contributed by atoms with Gasteiger partial charge in [0.25, 0.3) is 5.91 Å². The van der Waals surface area contributed by atoms with E-state index in [0.717, 1.165) is 42.5 Å². The van der Waals surface area contributed by atoms with Crippen LogP contribution in [0.4, 0.5) is 0 Å². The van der Waals surface area contributed by atoms with Crippen molar-refractivity contribution < 1.29 is 4.79 Å². The molecule has 2 aromatic rings. The van der Waals surface area contributed by atoms with Crippen molar-refractivity contribution in [2.24, 2.45) is 16.4 Å². The minimum Gasteiger partial charge on any atom is -0.281 e. The van der Waals surface area contributed by atoms with Crippen molar-refractivity contribution in [3.63, 3.8) is 0 Å². The number of rotatable bonds is 5. The van der Waals surface area contributed by atoms with Crippen LogP contribution in [0.15, 0.2) is 29.4 Å². The minimum absolute atomic E-state index is 0.255. The molecule has 138 valence electrons. The fraction of sp³-hybridized carbons (Fsp3) is 0.450. The average molecular weight is 373 g/mol. The summed E-state index contributed by atoms with van der Waals surface area (Å²) < 4.78 is 0. The van der Waals surface area contributed by atoms with Crippen LogP contribution in [-0.4, -0.2) is 22.3 Å². The van der Waals surface area contributed by atoms with Crippen LogP contribution in [-0.2, 0) is 12.8 Å². The van der Waals surface area contributed by atoms with Gasteiger partial charge in [0.05, 0.1) is 6.21 Å².